The topological polar surface area (TPSA) is 40.5 Å². The first-order valence-corrected chi connectivity index (χ1v) is 5.29. The van der Waals surface area contributed by atoms with Crippen LogP contribution in [0.4, 0.5) is 0 Å². The standard InChI is InChI=1S/C13H16O2/c1-8(2)12-6-9-3-4-11(14)5-10(9)7-13(12)15/h3-8,12-15H,1-2H3/t12-,13?/m1/s1. The Labute approximate surface area is 89.2 Å². The van der Waals surface area contributed by atoms with Gasteiger partial charge in [0.2, 0.25) is 0 Å². The number of hydrogen-bond acceptors (Lipinski definition) is 2. The lowest BCUT2D eigenvalue weighted by atomic mass is 9.86. The van der Waals surface area contributed by atoms with Crippen molar-refractivity contribution >= 4 is 12.2 Å². The van der Waals surface area contributed by atoms with Crippen molar-refractivity contribution in [2.45, 2.75) is 20.0 Å². The van der Waals surface area contributed by atoms with E-state index in [0.717, 1.165) is 10.4 Å². The van der Waals surface area contributed by atoms with Crippen LogP contribution in [0.15, 0.2) is 18.2 Å². The van der Waals surface area contributed by atoms with Crippen molar-refractivity contribution < 1.29 is 10.2 Å². The van der Waals surface area contributed by atoms with Gasteiger partial charge in [0, 0.05) is 5.92 Å². The summed E-state index contributed by atoms with van der Waals surface area (Å²) in [4.78, 5) is 0. The van der Waals surface area contributed by atoms with Crippen LogP contribution in [0.25, 0.3) is 12.2 Å². The Balaban J connectivity index is 2.57. The maximum absolute atomic E-state index is 9.91. The fourth-order valence-electron chi connectivity index (χ4n) is 2.05. The third-order valence-electron chi connectivity index (χ3n) is 2.96. The van der Waals surface area contributed by atoms with E-state index in [1.165, 1.54) is 0 Å². The highest BCUT2D eigenvalue weighted by atomic mass is 16.3. The number of phenols is 1. The van der Waals surface area contributed by atoms with E-state index in [1.54, 1.807) is 12.1 Å². The van der Waals surface area contributed by atoms with E-state index in [9.17, 15) is 10.2 Å². The minimum absolute atomic E-state index is 0.169. The molecule has 0 saturated carbocycles. The van der Waals surface area contributed by atoms with Crippen LogP contribution in [0.1, 0.15) is 13.8 Å². The maximum atomic E-state index is 9.91. The Morgan fingerprint density at radius 1 is 1.13 bits per heavy atom. The second kappa shape index (κ2) is 3.70. The Bertz CT molecular complexity index is 474. The molecule has 1 unspecified atom stereocenters. The van der Waals surface area contributed by atoms with E-state index < -0.39 is 6.10 Å². The van der Waals surface area contributed by atoms with E-state index in [4.69, 9.17) is 0 Å². The molecule has 2 N–H and O–H groups in total. The predicted octanol–water partition coefficient (Wildman–Crippen LogP) is 0.600. The number of aliphatic hydroxyl groups excluding tert-OH is 1. The fraction of sp³-hybridized carbons (Fsp3) is 0.385. The van der Waals surface area contributed by atoms with Gasteiger partial charge < -0.3 is 10.2 Å². The van der Waals surface area contributed by atoms with Gasteiger partial charge in [-0.1, -0.05) is 26.0 Å². The lowest BCUT2D eigenvalue weighted by Crippen LogP contribution is -2.36. The minimum atomic E-state index is -0.445. The molecular formula is C13H16O2. The number of phenolic OH excluding ortho intramolecular Hbond substituents is 1. The van der Waals surface area contributed by atoms with Gasteiger partial charge in [-0.15, -0.1) is 0 Å². The van der Waals surface area contributed by atoms with Crippen molar-refractivity contribution in [1.82, 2.24) is 0 Å². The second-order valence-electron chi connectivity index (χ2n) is 4.46. The number of aromatic hydroxyl groups is 1. The van der Waals surface area contributed by atoms with Crippen LogP contribution in [-0.2, 0) is 0 Å². The molecule has 2 nitrogen and oxygen atoms in total. The molecule has 0 heterocycles. The van der Waals surface area contributed by atoms with Gasteiger partial charge in [-0.2, -0.15) is 0 Å². The summed E-state index contributed by atoms with van der Waals surface area (Å²) in [6.45, 7) is 4.20. The van der Waals surface area contributed by atoms with E-state index in [0.29, 0.717) is 5.92 Å². The smallest absolute Gasteiger partial charge is 0.116 e. The van der Waals surface area contributed by atoms with Gasteiger partial charge in [0.25, 0.3) is 0 Å². The largest absolute Gasteiger partial charge is 0.508 e. The molecule has 0 amide bonds. The summed E-state index contributed by atoms with van der Waals surface area (Å²) < 4.78 is 0. The molecule has 0 radical (unpaired) electrons. The number of hydrogen-bond donors (Lipinski definition) is 2. The molecule has 15 heavy (non-hydrogen) atoms. The zero-order chi connectivity index (χ0) is 11.0. The molecule has 0 fully saturated rings. The molecule has 0 aliphatic heterocycles. The quantitative estimate of drug-likeness (QED) is 0.703. The molecule has 2 rings (SSSR count). The summed E-state index contributed by atoms with van der Waals surface area (Å²) in [5, 5.41) is 21.3. The second-order valence-corrected chi connectivity index (χ2v) is 4.46. The third kappa shape index (κ3) is 1.90. The Kier molecular flexibility index (Phi) is 2.53. The predicted molar refractivity (Wildman–Crippen MR) is 60.6 cm³/mol. The maximum Gasteiger partial charge on any atom is 0.116 e. The van der Waals surface area contributed by atoms with Crippen LogP contribution in [0.2, 0.25) is 0 Å². The average molecular weight is 204 g/mol. The summed E-state index contributed by atoms with van der Waals surface area (Å²) in [5.41, 5.74) is 0. The number of fused-ring (bicyclic) bond motifs is 1. The van der Waals surface area contributed by atoms with Crippen LogP contribution >= 0.6 is 0 Å². The molecule has 1 aromatic carbocycles. The number of benzene rings is 1. The normalized spacial score (nSPS) is 24.3. The van der Waals surface area contributed by atoms with Gasteiger partial charge in [0.15, 0.2) is 0 Å². The molecule has 0 aromatic heterocycles. The minimum Gasteiger partial charge on any atom is -0.508 e. The molecular weight excluding hydrogens is 188 g/mol. The van der Waals surface area contributed by atoms with Gasteiger partial charge in [-0.25, -0.2) is 0 Å². The molecule has 2 atom stereocenters. The molecule has 1 aliphatic rings. The van der Waals surface area contributed by atoms with Crippen molar-refractivity contribution in [2.75, 3.05) is 0 Å². The first-order valence-electron chi connectivity index (χ1n) is 5.29. The van der Waals surface area contributed by atoms with Crippen molar-refractivity contribution in [1.29, 1.82) is 0 Å². The van der Waals surface area contributed by atoms with Crippen molar-refractivity contribution in [3.63, 3.8) is 0 Å². The van der Waals surface area contributed by atoms with Crippen molar-refractivity contribution in [3.05, 3.63) is 28.6 Å². The van der Waals surface area contributed by atoms with Gasteiger partial charge in [0.05, 0.1) is 6.10 Å². The van der Waals surface area contributed by atoms with Crippen molar-refractivity contribution in [2.24, 2.45) is 11.8 Å². The van der Waals surface area contributed by atoms with Gasteiger partial charge in [0.1, 0.15) is 5.75 Å². The molecule has 1 aromatic rings. The molecule has 0 spiro atoms. The van der Waals surface area contributed by atoms with Crippen LogP contribution in [0.3, 0.4) is 0 Å². The zero-order valence-corrected chi connectivity index (χ0v) is 9.01. The van der Waals surface area contributed by atoms with Gasteiger partial charge in [-0.05, 0) is 34.6 Å². The summed E-state index contributed by atoms with van der Waals surface area (Å²) >= 11 is 0. The SMILES string of the molecule is CC(C)[C@H]1C=c2ccc(O)cc2=CC1O. The highest BCUT2D eigenvalue weighted by Gasteiger charge is 2.20. The van der Waals surface area contributed by atoms with E-state index in [-0.39, 0.29) is 11.7 Å². The summed E-state index contributed by atoms with van der Waals surface area (Å²) in [7, 11) is 0. The number of rotatable bonds is 1. The first-order chi connectivity index (χ1) is 7.08. The molecule has 2 heteroatoms. The fourth-order valence-corrected chi connectivity index (χ4v) is 2.05. The summed E-state index contributed by atoms with van der Waals surface area (Å²) in [6, 6.07) is 5.26. The molecule has 0 bridgehead atoms. The molecule has 1 aliphatic carbocycles. The molecule has 80 valence electrons. The first kappa shape index (κ1) is 10.2. The third-order valence-corrected chi connectivity index (χ3v) is 2.96. The van der Waals surface area contributed by atoms with Gasteiger partial charge >= 0.3 is 0 Å². The van der Waals surface area contributed by atoms with Crippen LogP contribution < -0.4 is 10.4 Å². The van der Waals surface area contributed by atoms with Crippen LogP contribution in [0.5, 0.6) is 5.75 Å². The Morgan fingerprint density at radius 3 is 2.53 bits per heavy atom. The van der Waals surface area contributed by atoms with E-state index in [2.05, 4.69) is 19.9 Å². The number of aliphatic hydroxyl groups is 1. The monoisotopic (exact) mass is 204 g/mol. The molecule has 0 saturated heterocycles. The van der Waals surface area contributed by atoms with E-state index >= 15 is 0 Å². The zero-order valence-electron chi connectivity index (χ0n) is 9.01. The lowest BCUT2D eigenvalue weighted by Gasteiger charge is -2.23. The highest BCUT2D eigenvalue weighted by molar-refractivity contribution is 5.46. The van der Waals surface area contributed by atoms with Crippen LogP contribution in [0, 0.1) is 11.8 Å². The summed E-state index contributed by atoms with van der Waals surface area (Å²) in [5.74, 6) is 0.828. The van der Waals surface area contributed by atoms with Gasteiger partial charge in [-0.3, -0.25) is 0 Å². The van der Waals surface area contributed by atoms with Crippen LogP contribution in [-0.4, -0.2) is 16.3 Å². The Morgan fingerprint density at radius 2 is 1.87 bits per heavy atom. The van der Waals surface area contributed by atoms with Crippen molar-refractivity contribution in [3.8, 4) is 5.75 Å². The average Bonchev–Trinajstić information content (AvgIpc) is 2.15. The Hall–Kier alpha value is -1.28. The van der Waals surface area contributed by atoms with E-state index in [1.807, 2.05) is 12.1 Å². The highest BCUT2D eigenvalue weighted by Crippen LogP contribution is 2.19. The lowest BCUT2D eigenvalue weighted by molar-refractivity contribution is 0.171. The summed E-state index contributed by atoms with van der Waals surface area (Å²) in [6.07, 6.45) is 3.46.